The number of nitrogens with zero attached hydrogens (tertiary/aromatic N) is 2. The molecular formula is C12H9F3N2O4. The summed E-state index contributed by atoms with van der Waals surface area (Å²) in [6.07, 6.45) is -5.64. The van der Waals surface area contributed by atoms with E-state index in [0.29, 0.717) is 12.1 Å². The van der Waals surface area contributed by atoms with Gasteiger partial charge in [-0.15, -0.1) is 0 Å². The molecule has 112 valence electrons. The lowest BCUT2D eigenvalue weighted by Gasteiger charge is -2.12. The van der Waals surface area contributed by atoms with Crippen molar-refractivity contribution in [1.29, 1.82) is 5.26 Å². The van der Waals surface area contributed by atoms with E-state index in [-0.39, 0.29) is 6.61 Å². The molecular weight excluding hydrogens is 293 g/mol. The van der Waals surface area contributed by atoms with E-state index in [4.69, 9.17) is 5.26 Å². The van der Waals surface area contributed by atoms with Crippen molar-refractivity contribution >= 4 is 11.7 Å². The second-order valence-corrected chi connectivity index (χ2v) is 3.83. The van der Waals surface area contributed by atoms with Gasteiger partial charge in [-0.2, -0.15) is 18.4 Å². The molecule has 0 heterocycles. The quantitative estimate of drug-likeness (QED) is 0.484. The van der Waals surface area contributed by atoms with E-state index >= 15 is 0 Å². The van der Waals surface area contributed by atoms with Gasteiger partial charge in [0.1, 0.15) is 6.07 Å². The van der Waals surface area contributed by atoms with Gasteiger partial charge in [0.15, 0.2) is 0 Å². The fourth-order valence-corrected chi connectivity index (χ4v) is 1.71. The largest absolute Gasteiger partial charge is 0.466 e. The van der Waals surface area contributed by atoms with Crippen LogP contribution in [0.15, 0.2) is 12.1 Å². The van der Waals surface area contributed by atoms with Crippen molar-refractivity contribution in [3.8, 4) is 6.07 Å². The molecule has 0 aliphatic heterocycles. The molecule has 0 unspecified atom stereocenters. The predicted octanol–water partition coefficient (Wildman–Crippen LogP) is 2.59. The lowest BCUT2D eigenvalue weighted by Crippen LogP contribution is -2.15. The third kappa shape index (κ3) is 3.68. The number of nitro benzene ring substituents is 1. The minimum Gasteiger partial charge on any atom is -0.466 e. The van der Waals surface area contributed by atoms with Gasteiger partial charge in [0.2, 0.25) is 0 Å². The normalized spacial score (nSPS) is 10.8. The highest BCUT2D eigenvalue weighted by Crippen LogP contribution is 2.36. The minimum absolute atomic E-state index is 0.0342. The first kappa shape index (κ1) is 16.4. The van der Waals surface area contributed by atoms with E-state index in [9.17, 15) is 28.1 Å². The van der Waals surface area contributed by atoms with Crippen molar-refractivity contribution in [2.45, 2.75) is 19.5 Å². The van der Waals surface area contributed by atoms with Crippen LogP contribution in [0.4, 0.5) is 18.9 Å². The van der Waals surface area contributed by atoms with Crippen molar-refractivity contribution in [2.75, 3.05) is 6.61 Å². The van der Waals surface area contributed by atoms with Crippen LogP contribution in [0.1, 0.15) is 23.6 Å². The first-order valence-electron chi connectivity index (χ1n) is 5.65. The molecule has 6 nitrogen and oxygen atoms in total. The van der Waals surface area contributed by atoms with Gasteiger partial charge < -0.3 is 4.74 Å². The molecule has 0 spiro atoms. The Morgan fingerprint density at radius 3 is 2.52 bits per heavy atom. The number of ether oxygens (including phenoxy) is 1. The summed E-state index contributed by atoms with van der Waals surface area (Å²) in [5.41, 5.74) is -3.59. The predicted molar refractivity (Wildman–Crippen MR) is 63.2 cm³/mol. The molecule has 0 aliphatic carbocycles. The number of halogens is 3. The molecule has 0 saturated heterocycles. The highest BCUT2D eigenvalue weighted by atomic mass is 19.4. The Morgan fingerprint density at radius 1 is 1.48 bits per heavy atom. The zero-order chi connectivity index (χ0) is 16.2. The first-order chi connectivity index (χ1) is 9.72. The number of alkyl halides is 3. The van der Waals surface area contributed by atoms with E-state index in [1.165, 1.54) is 13.0 Å². The van der Waals surface area contributed by atoms with Crippen LogP contribution in [0.3, 0.4) is 0 Å². The van der Waals surface area contributed by atoms with Gasteiger partial charge in [-0.25, -0.2) is 0 Å². The van der Waals surface area contributed by atoms with Crippen LogP contribution in [-0.2, 0) is 22.1 Å². The number of nitriles is 1. The van der Waals surface area contributed by atoms with Crippen LogP contribution in [0.25, 0.3) is 0 Å². The minimum atomic E-state index is -4.86. The number of esters is 1. The Kier molecular flexibility index (Phi) is 4.86. The molecule has 0 fully saturated rings. The Hall–Kier alpha value is -2.63. The van der Waals surface area contributed by atoms with Gasteiger partial charge in [-0.05, 0) is 13.0 Å². The average molecular weight is 302 g/mol. The molecule has 0 amide bonds. The fourth-order valence-electron chi connectivity index (χ4n) is 1.71. The number of hydrogen-bond acceptors (Lipinski definition) is 5. The van der Waals surface area contributed by atoms with Crippen LogP contribution in [0.5, 0.6) is 0 Å². The van der Waals surface area contributed by atoms with E-state index in [1.807, 2.05) is 0 Å². The maximum atomic E-state index is 12.8. The van der Waals surface area contributed by atoms with Crippen molar-refractivity contribution in [3.63, 3.8) is 0 Å². The Balaban J connectivity index is 3.51. The van der Waals surface area contributed by atoms with Gasteiger partial charge in [-0.1, -0.05) is 0 Å². The number of carbonyl (C=O) groups is 1. The monoisotopic (exact) mass is 302 g/mol. The van der Waals surface area contributed by atoms with Crippen LogP contribution >= 0.6 is 0 Å². The second kappa shape index (κ2) is 6.21. The van der Waals surface area contributed by atoms with Gasteiger partial charge in [0.25, 0.3) is 5.69 Å². The Morgan fingerprint density at radius 2 is 2.10 bits per heavy atom. The van der Waals surface area contributed by atoms with E-state index in [2.05, 4.69) is 4.74 Å². The SMILES string of the molecule is CCOC(=O)Cc1c([N+](=O)[O-])ccc(C(F)(F)F)c1C#N. The van der Waals surface area contributed by atoms with E-state index in [0.717, 1.165) is 0 Å². The van der Waals surface area contributed by atoms with Crippen molar-refractivity contribution < 1.29 is 27.6 Å². The molecule has 9 heteroatoms. The molecule has 21 heavy (non-hydrogen) atoms. The summed E-state index contributed by atoms with van der Waals surface area (Å²) >= 11 is 0. The highest BCUT2D eigenvalue weighted by molar-refractivity contribution is 5.76. The van der Waals surface area contributed by atoms with Crippen LogP contribution in [0, 0.1) is 21.4 Å². The molecule has 1 aromatic carbocycles. The fraction of sp³-hybridized carbons (Fsp3) is 0.333. The van der Waals surface area contributed by atoms with Crippen molar-refractivity contribution in [3.05, 3.63) is 38.9 Å². The standard InChI is InChI=1S/C12H9F3N2O4/c1-2-21-11(18)5-7-8(6-16)9(12(13,14)15)3-4-10(7)17(19)20/h3-4H,2,5H2,1H3. The summed E-state index contributed by atoms with van der Waals surface area (Å²) in [4.78, 5) is 21.3. The lowest BCUT2D eigenvalue weighted by atomic mass is 9.97. The molecule has 0 saturated carbocycles. The molecule has 0 radical (unpaired) electrons. The summed E-state index contributed by atoms with van der Waals surface area (Å²) in [5.74, 6) is -0.948. The van der Waals surface area contributed by atoms with Gasteiger partial charge in [0.05, 0.1) is 34.6 Å². The number of hydrogen-bond donors (Lipinski definition) is 0. The first-order valence-corrected chi connectivity index (χ1v) is 5.65. The molecule has 0 aliphatic rings. The van der Waals surface area contributed by atoms with Gasteiger partial charge in [0, 0.05) is 6.07 Å². The average Bonchev–Trinajstić information content (AvgIpc) is 2.36. The lowest BCUT2D eigenvalue weighted by molar-refractivity contribution is -0.385. The zero-order valence-corrected chi connectivity index (χ0v) is 10.7. The number of nitro groups is 1. The molecule has 0 aromatic heterocycles. The summed E-state index contributed by atoms with van der Waals surface area (Å²) in [7, 11) is 0. The summed E-state index contributed by atoms with van der Waals surface area (Å²) in [5, 5.41) is 19.7. The van der Waals surface area contributed by atoms with Crippen molar-refractivity contribution in [1.82, 2.24) is 0 Å². The molecule has 0 N–H and O–H groups in total. The van der Waals surface area contributed by atoms with Crippen LogP contribution < -0.4 is 0 Å². The van der Waals surface area contributed by atoms with Gasteiger partial charge in [-0.3, -0.25) is 14.9 Å². The maximum absolute atomic E-state index is 12.8. The maximum Gasteiger partial charge on any atom is 0.417 e. The third-order valence-electron chi connectivity index (χ3n) is 2.53. The molecule has 0 atom stereocenters. The van der Waals surface area contributed by atoms with E-state index in [1.54, 1.807) is 0 Å². The summed E-state index contributed by atoms with van der Waals surface area (Å²) in [6.45, 7) is 1.44. The highest BCUT2D eigenvalue weighted by Gasteiger charge is 2.37. The van der Waals surface area contributed by atoms with Crippen molar-refractivity contribution in [2.24, 2.45) is 0 Å². The Bertz CT molecular complexity index is 620. The van der Waals surface area contributed by atoms with Crippen LogP contribution in [0.2, 0.25) is 0 Å². The number of carbonyl (C=O) groups excluding carboxylic acids is 1. The number of benzene rings is 1. The number of rotatable bonds is 4. The molecule has 0 bridgehead atoms. The summed E-state index contributed by atoms with van der Waals surface area (Å²) in [6, 6.07) is 2.35. The third-order valence-corrected chi connectivity index (χ3v) is 2.53. The zero-order valence-electron chi connectivity index (χ0n) is 10.7. The molecule has 1 aromatic rings. The molecule has 1 rings (SSSR count). The van der Waals surface area contributed by atoms with Crippen LogP contribution in [-0.4, -0.2) is 17.5 Å². The topological polar surface area (TPSA) is 93.2 Å². The summed E-state index contributed by atoms with van der Waals surface area (Å²) < 4.78 is 42.9. The van der Waals surface area contributed by atoms with E-state index < -0.39 is 45.9 Å². The second-order valence-electron chi connectivity index (χ2n) is 3.83. The van der Waals surface area contributed by atoms with Gasteiger partial charge >= 0.3 is 12.1 Å². The smallest absolute Gasteiger partial charge is 0.417 e. The Labute approximate surface area is 116 Å².